The second kappa shape index (κ2) is 6.81. The van der Waals surface area contributed by atoms with Gasteiger partial charge in [0.1, 0.15) is 11.6 Å². The van der Waals surface area contributed by atoms with E-state index in [1.165, 1.54) is 0 Å². The van der Waals surface area contributed by atoms with Gasteiger partial charge in [0.2, 0.25) is 0 Å². The Morgan fingerprint density at radius 3 is 2.41 bits per heavy atom. The van der Waals surface area contributed by atoms with Crippen molar-refractivity contribution < 1.29 is 13.5 Å². The highest BCUT2D eigenvalue weighted by atomic mass is 32.2. The van der Waals surface area contributed by atoms with Crippen LogP contribution in [0.25, 0.3) is 0 Å². The second-order valence-corrected chi connectivity index (χ2v) is 5.24. The number of rotatable bonds is 6. The third-order valence-corrected chi connectivity index (χ3v) is 3.00. The topological polar surface area (TPSA) is 35.2 Å². The fourth-order valence-corrected chi connectivity index (χ4v) is 2.04. The van der Waals surface area contributed by atoms with Gasteiger partial charge in [-0.1, -0.05) is 13.8 Å². The molecule has 2 nitrogen and oxygen atoms in total. The van der Waals surface area contributed by atoms with E-state index in [0.717, 1.165) is 23.9 Å². The van der Waals surface area contributed by atoms with E-state index in [-0.39, 0.29) is 10.6 Å². The Morgan fingerprint density at radius 1 is 1.29 bits per heavy atom. The zero-order valence-electron chi connectivity index (χ0n) is 10.0. The van der Waals surface area contributed by atoms with Crippen LogP contribution in [0, 0.1) is 17.6 Å². The number of ether oxygens (including phenoxy) is 1. The van der Waals surface area contributed by atoms with E-state index in [1.807, 2.05) is 13.8 Å². The predicted molar refractivity (Wildman–Crippen MR) is 67.2 cm³/mol. The molecule has 0 saturated carbocycles. The molecule has 0 fully saturated rings. The lowest BCUT2D eigenvalue weighted by Crippen LogP contribution is -2.05. The fraction of sp³-hybridized carbons (Fsp3) is 0.500. The van der Waals surface area contributed by atoms with Crippen molar-refractivity contribution in [3.05, 3.63) is 23.8 Å². The van der Waals surface area contributed by atoms with Crippen LogP contribution >= 0.6 is 11.8 Å². The Bertz CT molecular complexity index is 349. The monoisotopic (exact) mass is 261 g/mol. The molecule has 2 N–H and O–H groups in total. The van der Waals surface area contributed by atoms with Crippen LogP contribution in [0.5, 0.6) is 0 Å². The summed E-state index contributed by atoms with van der Waals surface area (Å²) in [6, 6.07) is 2.25. The molecule has 0 aromatic heterocycles. The van der Waals surface area contributed by atoms with Crippen molar-refractivity contribution in [1.82, 2.24) is 0 Å². The van der Waals surface area contributed by atoms with Gasteiger partial charge in [0.05, 0.1) is 11.5 Å². The van der Waals surface area contributed by atoms with Crippen LogP contribution in [0.15, 0.2) is 17.0 Å². The zero-order valence-corrected chi connectivity index (χ0v) is 10.8. The van der Waals surface area contributed by atoms with E-state index in [2.05, 4.69) is 0 Å². The summed E-state index contributed by atoms with van der Waals surface area (Å²) >= 11 is 1.10. The summed E-state index contributed by atoms with van der Waals surface area (Å²) in [5, 5.41) is 0. The molecule has 0 unspecified atom stereocenters. The standard InChI is InChI=1S/C12H17F2NOS/c1-8(2)7-16-3-4-17-12-10(13)5-9(15)6-11(12)14/h5-6,8H,3-4,7,15H2,1-2H3. The molecule has 0 saturated heterocycles. The van der Waals surface area contributed by atoms with Gasteiger partial charge in [-0.2, -0.15) is 0 Å². The number of anilines is 1. The minimum atomic E-state index is -0.614. The molecule has 17 heavy (non-hydrogen) atoms. The molecule has 0 spiro atoms. The van der Waals surface area contributed by atoms with Crippen molar-refractivity contribution in [2.75, 3.05) is 24.7 Å². The molecule has 5 heteroatoms. The first-order chi connectivity index (χ1) is 8.00. The normalized spacial score (nSPS) is 11.1. The number of nitrogen functional groups attached to an aromatic ring is 1. The average molecular weight is 261 g/mol. The Balaban J connectivity index is 2.42. The van der Waals surface area contributed by atoms with Gasteiger partial charge in [-0.15, -0.1) is 11.8 Å². The van der Waals surface area contributed by atoms with Gasteiger partial charge in [-0.05, 0) is 18.1 Å². The zero-order chi connectivity index (χ0) is 12.8. The van der Waals surface area contributed by atoms with Crippen molar-refractivity contribution in [1.29, 1.82) is 0 Å². The summed E-state index contributed by atoms with van der Waals surface area (Å²) < 4.78 is 32.1. The molecule has 0 heterocycles. The molecule has 0 aliphatic heterocycles. The van der Waals surface area contributed by atoms with Crippen LogP contribution in [-0.4, -0.2) is 19.0 Å². The first kappa shape index (κ1) is 14.3. The molecule has 1 rings (SSSR count). The molecule has 0 radical (unpaired) electrons. The number of hydrogen-bond donors (Lipinski definition) is 1. The largest absolute Gasteiger partial charge is 0.399 e. The maximum Gasteiger partial charge on any atom is 0.141 e. The minimum absolute atomic E-state index is 0.00680. The van der Waals surface area contributed by atoms with Crippen LogP contribution in [0.1, 0.15) is 13.8 Å². The maximum atomic E-state index is 13.4. The summed E-state index contributed by atoms with van der Waals surface area (Å²) in [5.41, 5.74) is 5.42. The third kappa shape index (κ3) is 4.91. The molecule has 1 aromatic carbocycles. The summed E-state index contributed by atoms with van der Waals surface area (Å²) in [6.07, 6.45) is 0. The molecular formula is C12H17F2NOS. The van der Waals surface area contributed by atoms with Crippen LogP contribution in [0.4, 0.5) is 14.5 Å². The van der Waals surface area contributed by atoms with Crippen molar-refractivity contribution in [3.63, 3.8) is 0 Å². The molecule has 1 aromatic rings. The molecule has 96 valence electrons. The van der Waals surface area contributed by atoms with Crippen LogP contribution in [0.3, 0.4) is 0 Å². The highest BCUT2D eigenvalue weighted by molar-refractivity contribution is 7.99. The molecule has 0 aliphatic rings. The van der Waals surface area contributed by atoms with E-state index in [4.69, 9.17) is 10.5 Å². The van der Waals surface area contributed by atoms with Crippen LogP contribution < -0.4 is 5.73 Å². The SMILES string of the molecule is CC(C)COCCSc1c(F)cc(N)cc1F. The average Bonchev–Trinajstić information content (AvgIpc) is 2.20. The summed E-state index contributed by atoms with van der Waals surface area (Å²) in [5.74, 6) is -0.248. The first-order valence-electron chi connectivity index (χ1n) is 5.45. The number of halogens is 2. The van der Waals surface area contributed by atoms with Gasteiger partial charge in [0.15, 0.2) is 0 Å². The summed E-state index contributed by atoms with van der Waals surface area (Å²) in [6.45, 7) is 5.23. The van der Waals surface area contributed by atoms with E-state index >= 15 is 0 Å². The van der Waals surface area contributed by atoms with Crippen molar-refractivity contribution in [3.8, 4) is 0 Å². The van der Waals surface area contributed by atoms with Gasteiger partial charge in [-0.25, -0.2) is 8.78 Å². The summed E-state index contributed by atoms with van der Waals surface area (Å²) in [7, 11) is 0. The second-order valence-electron chi connectivity index (χ2n) is 4.13. The number of thioether (sulfide) groups is 1. The first-order valence-corrected chi connectivity index (χ1v) is 6.44. The Hall–Kier alpha value is -0.810. The van der Waals surface area contributed by atoms with E-state index < -0.39 is 11.6 Å². The highest BCUT2D eigenvalue weighted by Gasteiger charge is 2.10. The molecular weight excluding hydrogens is 244 g/mol. The van der Waals surface area contributed by atoms with Crippen LogP contribution in [-0.2, 0) is 4.74 Å². The van der Waals surface area contributed by atoms with E-state index in [9.17, 15) is 8.78 Å². The summed E-state index contributed by atoms with van der Waals surface area (Å²) in [4.78, 5) is 0.00680. The van der Waals surface area contributed by atoms with E-state index in [1.54, 1.807) is 0 Å². The lowest BCUT2D eigenvalue weighted by molar-refractivity contribution is 0.124. The van der Waals surface area contributed by atoms with Gasteiger partial charge < -0.3 is 10.5 Å². The highest BCUT2D eigenvalue weighted by Crippen LogP contribution is 2.26. The van der Waals surface area contributed by atoms with Gasteiger partial charge >= 0.3 is 0 Å². The molecule has 0 atom stereocenters. The Kier molecular flexibility index (Phi) is 5.71. The van der Waals surface area contributed by atoms with Gasteiger partial charge in [0.25, 0.3) is 0 Å². The number of nitrogens with two attached hydrogens (primary N) is 1. The van der Waals surface area contributed by atoms with Gasteiger partial charge in [-0.3, -0.25) is 0 Å². The Labute approximate surface area is 105 Å². The van der Waals surface area contributed by atoms with Gasteiger partial charge in [0, 0.05) is 18.0 Å². The fourth-order valence-electron chi connectivity index (χ4n) is 1.24. The third-order valence-electron chi connectivity index (χ3n) is 1.95. The molecule has 0 bridgehead atoms. The van der Waals surface area contributed by atoms with Crippen molar-refractivity contribution >= 4 is 17.4 Å². The predicted octanol–water partition coefficient (Wildman–Crippen LogP) is 3.31. The number of benzene rings is 1. The van der Waals surface area contributed by atoms with Crippen molar-refractivity contribution in [2.45, 2.75) is 18.7 Å². The van der Waals surface area contributed by atoms with Crippen LogP contribution in [0.2, 0.25) is 0 Å². The van der Waals surface area contributed by atoms with E-state index in [0.29, 0.717) is 24.9 Å². The Morgan fingerprint density at radius 2 is 1.88 bits per heavy atom. The number of hydrogen-bond acceptors (Lipinski definition) is 3. The lowest BCUT2D eigenvalue weighted by Gasteiger charge is -2.08. The minimum Gasteiger partial charge on any atom is -0.399 e. The molecule has 0 amide bonds. The van der Waals surface area contributed by atoms with Crippen molar-refractivity contribution in [2.24, 2.45) is 5.92 Å². The molecule has 0 aliphatic carbocycles. The lowest BCUT2D eigenvalue weighted by atomic mass is 10.2. The quantitative estimate of drug-likeness (QED) is 0.485. The maximum absolute atomic E-state index is 13.4. The smallest absolute Gasteiger partial charge is 0.141 e.